The van der Waals surface area contributed by atoms with Gasteiger partial charge in [-0.3, -0.25) is 0 Å². The van der Waals surface area contributed by atoms with Crippen molar-refractivity contribution in [1.82, 2.24) is 20.2 Å². The predicted octanol–water partition coefficient (Wildman–Crippen LogP) is 2.47. The molecule has 2 rings (SSSR count). The first-order valence-electron chi connectivity index (χ1n) is 6.68. The van der Waals surface area contributed by atoms with E-state index in [1.54, 1.807) is 11.8 Å². The highest BCUT2D eigenvalue weighted by atomic mass is 79.9. The Bertz CT molecular complexity index is 602. The summed E-state index contributed by atoms with van der Waals surface area (Å²) >= 11 is 3.55. The molecule has 0 aliphatic heterocycles. The third-order valence-corrected chi connectivity index (χ3v) is 3.64. The van der Waals surface area contributed by atoms with Crippen molar-refractivity contribution < 1.29 is 9.47 Å². The summed E-state index contributed by atoms with van der Waals surface area (Å²) in [5, 5.41) is 14.7. The molecule has 2 aromatic rings. The predicted molar refractivity (Wildman–Crippen MR) is 82.7 cm³/mol. The molecule has 0 bridgehead atoms. The molecule has 0 saturated heterocycles. The number of methoxy groups -OCH3 is 1. The molecule has 0 radical (unpaired) electrons. The number of halogens is 1. The zero-order valence-corrected chi connectivity index (χ0v) is 13.8. The number of tetrazole rings is 1. The Morgan fingerprint density at radius 2 is 2.10 bits per heavy atom. The van der Waals surface area contributed by atoms with E-state index in [9.17, 15) is 0 Å². The minimum absolute atomic E-state index is 0.573. The molecule has 21 heavy (non-hydrogen) atoms. The summed E-state index contributed by atoms with van der Waals surface area (Å²) in [6.07, 6.45) is 0. The molecule has 0 fully saturated rings. The Hall–Kier alpha value is -1.83. The van der Waals surface area contributed by atoms with Crippen molar-refractivity contribution in [3.8, 4) is 11.5 Å². The average Bonchev–Trinajstić information content (AvgIpc) is 2.94. The van der Waals surface area contributed by atoms with Crippen molar-refractivity contribution in [2.24, 2.45) is 0 Å². The van der Waals surface area contributed by atoms with Gasteiger partial charge in [0.25, 0.3) is 0 Å². The highest BCUT2D eigenvalue weighted by Gasteiger charge is 2.11. The maximum atomic E-state index is 5.54. The number of hydrogen-bond donors (Lipinski definition) is 1. The molecule has 114 valence electrons. The van der Waals surface area contributed by atoms with Crippen LogP contribution in [-0.4, -0.2) is 33.9 Å². The van der Waals surface area contributed by atoms with Crippen LogP contribution in [0, 0.1) is 0 Å². The number of nitrogens with zero attached hydrogens (tertiary/aromatic N) is 4. The molecule has 1 N–H and O–H groups in total. The zero-order valence-electron chi connectivity index (χ0n) is 12.3. The Balaban J connectivity index is 2.16. The van der Waals surface area contributed by atoms with E-state index in [4.69, 9.17) is 9.47 Å². The third kappa shape index (κ3) is 3.63. The van der Waals surface area contributed by atoms with Crippen molar-refractivity contribution in [3.63, 3.8) is 0 Å². The first-order chi connectivity index (χ1) is 10.2. The van der Waals surface area contributed by atoms with Gasteiger partial charge in [-0.1, -0.05) is 21.0 Å². The molecule has 8 heteroatoms. The van der Waals surface area contributed by atoms with Gasteiger partial charge in [0.1, 0.15) is 0 Å². The molecule has 7 nitrogen and oxygen atoms in total. The van der Waals surface area contributed by atoms with Crippen molar-refractivity contribution in [2.45, 2.75) is 26.9 Å². The second-order valence-corrected chi connectivity index (χ2v) is 5.05. The van der Waals surface area contributed by atoms with Gasteiger partial charge in [-0.15, -0.1) is 0 Å². The summed E-state index contributed by atoms with van der Waals surface area (Å²) in [4.78, 5) is 0. The molecule has 0 spiro atoms. The lowest BCUT2D eigenvalue weighted by Crippen LogP contribution is -2.08. The zero-order chi connectivity index (χ0) is 15.2. The van der Waals surface area contributed by atoms with Crippen LogP contribution in [0.2, 0.25) is 0 Å². The van der Waals surface area contributed by atoms with Crippen molar-refractivity contribution in [2.75, 3.05) is 19.0 Å². The molecule has 1 aromatic heterocycles. The fourth-order valence-electron chi connectivity index (χ4n) is 1.86. The summed E-state index contributed by atoms with van der Waals surface area (Å²) < 4.78 is 13.5. The van der Waals surface area contributed by atoms with Gasteiger partial charge in [-0.05, 0) is 42.0 Å². The normalized spacial score (nSPS) is 10.5. The van der Waals surface area contributed by atoms with Gasteiger partial charge in [0.15, 0.2) is 11.5 Å². The second-order valence-electron chi connectivity index (χ2n) is 4.20. The van der Waals surface area contributed by atoms with Crippen molar-refractivity contribution >= 4 is 21.9 Å². The molecular weight excluding hydrogens is 338 g/mol. The van der Waals surface area contributed by atoms with E-state index in [0.717, 1.165) is 10.0 Å². The molecule has 0 amide bonds. The maximum absolute atomic E-state index is 5.54. The Kier molecular flexibility index (Phi) is 5.38. The fraction of sp³-hybridized carbons (Fsp3) is 0.462. The Morgan fingerprint density at radius 1 is 1.29 bits per heavy atom. The lowest BCUT2D eigenvalue weighted by molar-refractivity contribution is 0.310. The monoisotopic (exact) mass is 355 g/mol. The number of aryl methyl sites for hydroxylation is 1. The van der Waals surface area contributed by atoms with Crippen molar-refractivity contribution in [3.05, 3.63) is 22.2 Å². The summed E-state index contributed by atoms with van der Waals surface area (Å²) in [6, 6.07) is 3.84. The smallest absolute Gasteiger partial charge is 0.243 e. The number of benzene rings is 1. The first kappa shape index (κ1) is 15.6. The van der Waals surface area contributed by atoms with E-state index in [1.165, 1.54) is 0 Å². The quantitative estimate of drug-likeness (QED) is 0.822. The summed E-state index contributed by atoms with van der Waals surface area (Å²) in [7, 11) is 1.63. The van der Waals surface area contributed by atoms with Crippen LogP contribution in [0.4, 0.5) is 5.95 Å². The Labute approximate surface area is 131 Å². The van der Waals surface area contributed by atoms with Crippen LogP contribution in [0.3, 0.4) is 0 Å². The van der Waals surface area contributed by atoms with Crippen LogP contribution in [0.25, 0.3) is 0 Å². The van der Waals surface area contributed by atoms with E-state index in [2.05, 4.69) is 36.8 Å². The van der Waals surface area contributed by atoms with Gasteiger partial charge in [0, 0.05) is 17.6 Å². The van der Waals surface area contributed by atoms with E-state index in [0.29, 0.717) is 37.1 Å². The Morgan fingerprint density at radius 3 is 2.76 bits per heavy atom. The molecule has 0 unspecified atom stereocenters. The minimum atomic E-state index is 0.573. The van der Waals surface area contributed by atoms with Gasteiger partial charge in [0.05, 0.1) is 13.7 Å². The average molecular weight is 356 g/mol. The number of hydrogen-bond acceptors (Lipinski definition) is 6. The maximum Gasteiger partial charge on any atom is 0.243 e. The molecule has 0 saturated carbocycles. The minimum Gasteiger partial charge on any atom is -0.493 e. The fourth-order valence-corrected chi connectivity index (χ4v) is 2.32. The second kappa shape index (κ2) is 7.26. The number of rotatable bonds is 7. The topological polar surface area (TPSA) is 74.1 Å². The lowest BCUT2D eigenvalue weighted by Gasteiger charge is -2.13. The van der Waals surface area contributed by atoms with Crippen LogP contribution in [0.1, 0.15) is 19.4 Å². The number of nitrogens with one attached hydrogen (secondary N) is 1. The van der Waals surface area contributed by atoms with Crippen LogP contribution >= 0.6 is 15.9 Å². The van der Waals surface area contributed by atoms with E-state index in [-0.39, 0.29) is 0 Å². The standard InChI is InChI=1S/C13H18BrN5O2/c1-4-19-13(16-17-18-19)15-8-9-6-11(20-3)12(21-5-2)7-10(9)14/h6-7H,4-5,8H2,1-3H3,(H,15,16,18). The number of anilines is 1. The van der Waals surface area contributed by atoms with Crippen molar-refractivity contribution in [1.29, 1.82) is 0 Å². The highest BCUT2D eigenvalue weighted by molar-refractivity contribution is 9.10. The summed E-state index contributed by atoms with van der Waals surface area (Å²) in [6.45, 7) is 5.79. The molecule has 0 atom stereocenters. The number of ether oxygens (including phenoxy) is 2. The molecule has 1 heterocycles. The van der Waals surface area contributed by atoms with Gasteiger partial charge in [-0.2, -0.15) is 0 Å². The van der Waals surface area contributed by atoms with Crippen LogP contribution in [0.15, 0.2) is 16.6 Å². The van der Waals surface area contributed by atoms with Crippen LogP contribution < -0.4 is 14.8 Å². The highest BCUT2D eigenvalue weighted by Crippen LogP contribution is 2.33. The summed E-state index contributed by atoms with van der Waals surface area (Å²) in [5.41, 5.74) is 1.03. The summed E-state index contributed by atoms with van der Waals surface area (Å²) in [5.74, 6) is 2.05. The third-order valence-electron chi connectivity index (χ3n) is 2.90. The van der Waals surface area contributed by atoms with Crippen LogP contribution in [0.5, 0.6) is 11.5 Å². The van der Waals surface area contributed by atoms with Crippen LogP contribution in [-0.2, 0) is 13.1 Å². The van der Waals surface area contributed by atoms with Gasteiger partial charge in [-0.25, -0.2) is 4.68 Å². The SMILES string of the molecule is CCOc1cc(Br)c(CNc2nnnn2CC)cc1OC. The van der Waals surface area contributed by atoms with E-state index < -0.39 is 0 Å². The van der Waals surface area contributed by atoms with E-state index in [1.807, 2.05) is 26.0 Å². The molecule has 0 aliphatic rings. The molecule has 0 aliphatic carbocycles. The van der Waals surface area contributed by atoms with Gasteiger partial charge in [0.2, 0.25) is 5.95 Å². The first-order valence-corrected chi connectivity index (χ1v) is 7.48. The van der Waals surface area contributed by atoms with Gasteiger partial charge >= 0.3 is 0 Å². The van der Waals surface area contributed by atoms with Gasteiger partial charge < -0.3 is 14.8 Å². The molecular formula is C13H18BrN5O2. The number of aromatic nitrogens is 4. The van der Waals surface area contributed by atoms with E-state index >= 15 is 0 Å². The lowest BCUT2D eigenvalue weighted by atomic mass is 10.2. The largest absolute Gasteiger partial charge is 0.493 e. The molecule has 1 aromatic carbocycles.